The Bertz CT molecular complexity index is 1530. The van der Waals surface area contributed by atoms with Crippen molar-refractivity contribution >= 4 is 34.2 Å². The van der Waals surface area contributed by atoms with Crippen LogP contribution in [0.1, 0.15) is 53.2 Å². The fourth-order valence-corrected chi connectivity index (χ4v) is 5.54. The highest BCUT2D eigenvalue weighted by molar-refractivity contribution is 6.25. The number of nitrogens with zero attached hydrogens (tertiary/aromatic N) is 2. The summed E-state index contributed by atoms with van der Waals surface area (Å²) in [6.07, 6.45) is 1.97. The molecule has 0 radical (unpaired) electrons. The average Bonchev–Trinajstić information content (AvgIpc) is 3.27. The zero-order valence-electron chi connectivity index (χ0n) is 23.8. The largest absolute Gasteiger partial charge is 0.354 e. The van der Waals surface area contributed by atoms with Gasteiger partial charge in [-0.15, -0.1) is 0 Å². The van der Waals surface area contributed by atoms with Crippen molar-refractivity contribution in [3.05, 3.63) is 113 Å². The van der Waals surface area contributed by atoms with Crippen LogP contribution in [0.3, 0.4) is 0 Å². The SMILES string of the molecule is CCCNC(=O)[C@@H](Cc1ccccc1)N(Cc1ccc(C)cc1)C(=O)CCCN1C(=O)c2cccc3cccc1c23. The van der Waals surface area contributed by atoms with Gasteiger partial charge in [-0.2, -0.15) is 0 Å². The summed E-state index contributed by atoms with van der Waals surface area (Å²) in [4.78, 5) is 44.2. The Labute approximate surface area is 242 Å². The predicted octanol–water partition coefficient (Wildman–Crippen LogP) is 6.05. The molecule has 0 fully saturated rings. The van der Waals surface area contributed by atoms with Gasteiger partial charge in [0.1, 0.15) is 6.04 Å². The fourth-order valence-electron chi connectivity index (χ4n) is 5.54. The highest BCUT2D eigenvalue weighted by atomic mass is 16.2. The monoisotopic (exact) mass is 547 g/mol. The number of rotatable bonds is 12. The van der Waals surface area contributed by atoms with Crippen molar-refractivity contribution in [2.24, 2.45) is 0 Å². The van der Waals surface area contributed by atoms with Gasteiger partial charge in [-0.05, 0) is 48.4 Å². The third-order valence-corrected chi connectivity index (χ3v) is 7.72. The van der Waals surface area contributed by atoms with Crippen molar-refractivity contribution in [2.75, 3.05) is 18.0 Å². The zero-order chi connectivity index (χ0) is 28.8. The molecular formula is C35H37N3O3. The number of aryl methyl sites for hydroxylation is 1. The molecule has 4 aromatic rings. The van der Waals surface area contributed by atoms with Crippen LogP contribution in [0, 0.1) is 6.92 Å². The van der Waals surface area contributed by atoms with Gasteiger partial charge in [-0.1, -0.05) is 91.3 Å². The lowest BCUT2D eigenvalue weighted by molar-refractivity contribution is -0.141. The Morgan fingerprint density at radius 1 is 0.878 bits per heavy atom. The lowest BCUT2D eigenvalue weighted by Gasteiger charge is -2.32. The third kappa shape index (κ3) is 6.32. The Balaban J connectivity index is 1.36. The summed E-state index contributed by atoms with van der Waals surface area (Å²) < 4.78 is 0. The van der Waals surface area contributed by atoms with Crippen molar-refractivity contribution in [2.45, 2.75) is 52.1 Å². The maximum Gasteiger partial charge on any atom is 0.258 e. The van der Waals surface area contributed by atoms with Crippen LogP contribution >= 0.6 is 0 Å². The van der Waals surface area contributed by atoms with Crippen LogP contribution in [-0.4, -0.2) is 41.8 Å². The van der Waals surface area contributed by atoms with Crippen LogP contribution < -0.4 is 10.2 Å². The molecule has 0 aliphatic carbocycles. The lowest BCUT2D eigenvalue weighted by atomic mass is 10.0. The Morgan fingerprint density at radius 3 is 2.34 bits per heavy atom. The Hall–Kier alpha value is -4.45. The van der Waals surface area contributed by atoms with Gasteiger partial charge in [-0.25, -0.2) is 0 Å². The van der Waals surface area contributed by atoms with Crippen molar-refractivity contribution in [1.29, 1.82) is 0 Å². The first-order chi connectivity index (χ1) is 20.0. The molecule has 0 unspecified atom stereocenters. The molecule has 1 aliphatic rings. The van der Waals surface area contributed by atoms with E-state index in [0.717, 1.165) is 39.6 Å². The van der Waals surface area contributed by atoms with Crippen LogP contribution in [0.4, 0.5) is 5.69 Å². The summed E-state index contributed by atoms with van der Waals surface area (Å²) in [6.45, 7) is 5.37. The first-order valence-electron chi connectivity index (χ1n) is 14.5. The van der Waals surface area contributed by atoms with Crippen LogP contribution in [0.25, 0.3) is 10.8 Å². The van der Waals surface area contributed by atoms with E-state index in [2.05, 4.69) is 5.32 Å². The molecule has 1 heterocycles. The van der Waals surface area contributed by atoms with Crippen molar-refractivity contribution in [1.82, 2.24) is 10.2 Å². The third-order valence-electron chi connectivity index (χ3n) is 7.72. The summed E-state index contributed by atoms with van der Waals surface area (Å²) in [5.41, 5.74) is 4.72. The minimum Gasteiger partial charge on any atom is -0.354 e. The zero-order valence-corrected chi connectivity index (χ0v) is 23.8. The molecule has 1 N–H and O–H groups in total. The molecule has 41 heavy (non-hydrogen) atoms. The normalized spacial score (nSPS) is 12.9. The van der Waals surface area contributed by atoms with E-state index < -0.39 is 6.04 Å². The second kappa shape index (κ2) is 12.8. The van der Waals surface area contributed by atoms with Gasteiger partial charge in [0.2, 0.25) is 11.8 Å². The van der Waals surface area contributed by atoms with E-state index in [4.69, 9.17) is 0 Å². The molecule has 5 rings (SSSR count). The summed E-state index contributed by atoms with van der Waals surface area (Å²) in [6, 6.07) is 29.0. The number of carbonyl (C=O) groups is 3. The van der Waals surface area contributed by atoms with E-state index in [1.165, 1.54) is 0 Å². The van der Waals surface area contributed by atoms with Gasteiger partial charge in [-0.3, -0.25) is 14.4 Å². The van der Waals surface area contributed by atoms with Gasteiger partial charge >= 0.3 is 0 Å². The molecule has 0 saturated carbocycles. The lowest BCUT2D eigenvalue weighted by Crippen LogP contribution is -2.50. The Morgan fingerprint density at radius 2 is 1.61 bits per heavy atom. The summed E-state index contributed by atoms with van der Waals surface area (Å²) in [7, 11) is 0. The number of nitrogens with one attached hydrogen (secondary N) is 1. The average molecular weight is 548 g/mol. The highest BCUT2D eigenvalue weighted by Gasteiger charge is 2.32. The quantitative estimate of drug-likeness (QED) is 0.235. The number of benzene rings is 4. The molecule has 0 spiro atoms. The minimum atomic E-state index is -0.649. The number of hydrogen-bond acceptors (Lipinski definition) is 3. The van der Waals surface area contributed by atoms with E-state index in [1.54, 1.807) is 9.80 Å². The minimum absolute atomic E-state index is 0.0262. The van der Waals surface area contributed by atoms with Crippen molar-refractivity contribution in [3.63, 3.8) is 0 Å². The fraction of sp³-hybridized carbons (Fsp3) is 0.286. The van der Waals surface area contributed by atoms with Gasteiger partial charge in [0.15, 0.2) is 0 Å². The maximum absolute atomic E-state index is 13.9. The van der Waals surface area contributed by atoms with Crippen molar-refractivity contribution in [3.8, 4) is 0 Å². The molecule has 0 aromatic heterocycles. The molecule has 0 saturated heterocycles. The molecule has 3 amide bonds. The van der Waals surface area contributed by atoms with Gasteiger partial charge in [0.25, 0.3) is 5.91 Å². The summed E-state index contributed by atoms with van der Waals surface area (Å²) in [5, 5.41) is 5.04. The molecule has 4 aromatic carbocycles. The molecule has 1 atom stereocenters. The number of carbonyl (C=O) groups excluding carboxylic acids is 3. The van der Waals surface area contributed by atoms with E-state index in [1.807, 2.05) is 105 Å². The molecule has 6 heteroatoms. The molecule has 6 nitrogen and oxygen atoms in total. The number of hydrogen-bond donors (Lipinski definition) is 1. The Kier molecular flexibility index (Phi) is 8.78. The topological polar surface area (TPSA) is 69.7 Å². The second-order valence-electron chi connectivity index (χ2n) is 10.7. The molecule has 0 bridgehead atoms. The maximum atomic E-state index is 13.9. The highest BCUT2D eigenvalue weighted by Crippen LogP contribution is 2.37. The number of anilines is 1. The number of amides is 3. The summed E-state index contributed by atoms with van der Waals surface area (Å²) in [5.74, 6) is -0.268. The standard InChI is InChI=1S/C35H37N3O3/c1-3-21-36-34(40)31(23-26-10-5-4-6-11-26)38(24-27-19-17-25(2)18-20-27)32(39)16-9-22-37-30-15-8-13-28-12-7-14-29(33(28)30)35(37)41/h4-8,10-15,17-20,31H,3,9,16,21-24H2,1-2H3,(H,36,40)/t31-/m1/s1. The van der Waals surface area contributed by atoms with E-state index in [-0.39, 0.29) is 24.1 Å². The van der Waals surface area contributed by atoms with Gasteiger partial charge < -0.3 is 15.1 Å². The predicted molar refractivity (Wildman–Crippen MR) is 164 cm³/mol. The van der Waals surface area contributed by atoms with E-state index >= 15 is 0 Å². The van der Waals surface area contributed by atoms with Gasteiger partial charge in [0, 0.05) is 43.4 Å². The van der Waals surface area contributed by atoms with Crippen LogP contribution in [0.2, 0.25) is 0 Å². The van der Waals surface area contributed by atoms with Crippen LogP contribution in [0.15, 0.2) is 91.0 Å². The first-order valence-corrected chi connectivity index (χ1v) is 14.5. The van der Waals surface area contributed by atoms with E-state index in [0.29, 0.717) is 38.0 Å². The summed E-state index contributed by atoms with van der Waals surface area (Å²) >= 11 is 0. The van der Waals surface area contributed by atoms with Gasteiger partial charge in [0.05, 0.1) is 5.69 Å². The van der Waals surface area contributed by atoms with E-state index in [9.17, 15) is 14.4 Å². The molecular weight excluding hydrogens is 510 g/mol. The smallest absolute Gasteiger partial charge is 0.258 e. The van der Waals surface area contributed by atoms with Crippen LogP contribution in [-0.2, 0) is 22.6 Å². The second-order valence-corrected chi connectivity index (χ2v) is 10.7. The molecule has 210 valence electrons. The van der Waals surface area contributed by atoms with Crippen molar-refractivity contribution < 1.29 is 14.4 Å². The molecule has 1 aliphatic heterocycles. The first kappa shape index (κ1) is 28.1. The van der Waals surface area contributed by atoms with Crippen LogP contribution in [0.5, 0.6) is 0 Å².